The van der Waals surface area contributed by atoms with Crippen LogP contribution in [0.3, 0.4) is 0 Å². The molecule has 1 saturated carbocycles. The summed E-state index contributed by atoms with van der Waals surface area (Å²) in [4.78, 5) is 27.0. The molecule has 1 fully saturated rings. The molecule has 2 aliphatic rings. The van der Waals surface area contributed by atoms with Gasteiger partial charge in [0.05, 0.1) is 16.7 Å². The van der Waals surface area contributed by atoms with Crippen molar-refractivity contribution in [2.24, 2.45) is 0 Å². The van der Waals surface area contributed by atoms with Gasteiger partial charge in [0, 0.05) is 12.8 Å². The van der Waals surface area contributed by atoms with Gasteiger partial charge in [-0.2, -0.15) is 0 Å². The van der Waals surface area contributed by atoms with Crippen LogP contribution in [-0.2, 0) is 5.54 Å². The number of carbonyl (C=O) groups excluding carboxylic acids is 2. The lowest BCUT2D eigenvalue weighted by atomic mass is 9.62. The zero-order chi connectivity index (χ0) is 17.1. The first-order chi connectivity index (χ1) is 11.3. The second-order valence-corrected chi connectivity index (χ2v) is 7.16. The molecule has 5 heteroatoms. The lowest BCUT2D eigenvalue weighted by molar-refractivity contribution is -0.0684. The van der Waals surface area contributed by atoms with Crippen molar-refractivity contribution < 1.29 is 14.0 Å². The number of alkyl halides is 1. The van der Waals surface area contributed by atoms with Crippen LogP contribution in [0.4, 0.5) is 4.39 Å². The van der Waals surface area contributed by atoms with Crippen molar-refractivity contribution in [3.8, 4) is 0 Å². The summed E-state index contributed by atoms with van der Waals surface area (Å²) in [6.45, 7) is 1.53. The fourth-order valence-corrected chi connectivity index (χ4v) is 4.10. The molecule has 1 aliphatic carbocycles. The van der Waals surface area contributed by atoms with Crippen LogP contribution in [0.25, 0.3) is 0 Å². The van der Waals surface area contributed by atoms with Crippen LogP contribution in [0.2, 0.25) is 0 Å². The smallest absolute Gasteiger partial charge is 0.262 e. The van der Waals surface area contributed by atoms with Crippen molar-refractivity contribution in [1.29, 1.82) is 0 Å². The molecule has 0 N–H and O–H groups in total. The van der Waals surface area contributed by atoms with E-state index >= 15 is 0 Å². The first kappa shape index (κ1) is 15.1. The number of halogens is 1. The van der Waals surface area contributed by atoms with E-state index in [1.54, 1.807) is 24.3 Å². The molecule has 0 aromatic heterocycles. The lowest BCUT2D eigenvalue weighted by Crippen LogP contribution is -2.62. The Balaban J connectivity index is 1.84. The van der Waals surface area contributed by atoms with Gasteiger partial charge in [0.25, 0.3) is 11.8 Å². The molecule has 2 aromatic carbocycles. The van der Waals surface area contributed by atoms with Crippen molar-refractivity contribution in [2.45, 2.75) is 31.0 Å². The minimum atomic E-state index is -1.37. The topological polar surface area (TPSA) is 37.4 Å². The van der Waals surface area contributed by atoms with Gasteiger partial charge >= 0.3 is 0 Å². The number of nitrogens with zero attached hydrogens (tertiary/aromatic N) is 1. The minimum absolute atomic E-state index is 0.133. The first-order valence-corrected chi connectivity index (χ1v) is 8.08. The Kier molecular flexibility index (Phi) is 3.02. The molecule has 0 saturated heterocycles. The Hall–Kier alpha value is -2.43. The molecule has 1 heterocycles. The zero-order valence-electron chi connectivity index (χ0n) is 13.7. The molecule has 0 spiro atoms. The average molecular weight is 321 g/mol. The van der Waals surface area contributed by atoms with Crippen molar-refractivity contribution in [3.05, 3.63) is 65.2 Å². The molecule has 0 unspecified atom stereocenters. The van der Waals surface area contributed by atoms with Crippen LogP contribution < -0.4 is 5.46 Å². The predicted octanol–water partition coefficient (Wildman–Crippen LogP) is 1.96. The van der Waals surface area contributed by atoms with E-state index in [2.05, 4.69) is 0 Å². The highest BCUT2D eigenvalue weighted by atomic mass is 19.1. The summed E-state index contributed by atoms with van der Waals surface area (Å²) in [5, 5.41) is 0. The summed E-state index contributed by atoms with van der Waals surface area (Å²) in [6, 6.07) is 14.5. The second-order valence-electron chi connectivity index (χ2n) is 7.16. The molecule has 0 atom stereocenters. The van der Waals surface area contributed by atoms with Gasteiger partial charge in [-0.1, -0.05) is 41.9 Å². The number of amides is 2. The number of hydrogen-bond donors (Lipinski definition) is 0. The molecule has 120 valence electrons. The third kappa shape index (κ3) is 1.97. The molecule has 4 rings (SSSR count). The highest BCUT2D eigenvalue weighted by Crippen LogP contribution is 2.56. The van der Waals surface area contributed by atoms with Crippen molar-refractivity contribution in [1.82, 2.24) is 4.90 Å². The van der Waals surface area contributed by atoms with Crippen molar-refractivity contribution >= 4 is 25.1 Å². The molecule has 0 bridgehead atoms. The summed E-state index contributed by atoms with van der Waals surface area (Å²) in [6.07, 6.45) is 0.267. The molecular weight excluding hydrogens is 304 g/mol. The third-order valence-electron chi connectivity index (χ3n) is 5.13. The maximum absolute atomic E-state index is 14.5. The molecule has 0 radical (unpaired) electrons. The largest absolute Gasteiger partial charge is 0.269 e. The number of carbonyl (C=O) groups is 2. The number of imide groups is 1. The number of benzene rings is 2. The normalized spacial score (nSPS) is 28.7. The van der Waals surface area contributed by atoms with E-state index in [9.17, 15) is 14.0 Å². The first-order valence-electron chi connectivity index (χ1n) is 8.08. The molecule has 3 nitrogen and oxygen atoms in total. The van der Waals surface area contributed by atoms with Gasteiger partial charge in [-0.15, -0.1) is 0 Å². The van der Waals surface area contributed by atoms with Gasteiger partial charge in [-0.05, 0) is 24.6 Å². The van der Waals surface area contributed by atoms with Crippen molar-refractivity contribution in [2.75, 3.05) is 0 Å². The number of fused-ring (bicyclic) bond motifs is 1. The van der Waals surface area contributed by atoms with Crippen LogP contribution in [0, 0.1) is 0 Å². The van der Waals surface area contributed by atoms with Gasteiger partial charge in [-0.3, -0.25) is 14.5 Å². The van der Waals surface area contributed by atoms with Crippen LogP contribution in [-0.4, -0.2) is 30.2 Å². The van der Waals surface area contributed by atoms with Crippen LogP contribution >= 0.6 is 0 Å². The number of rotatable bonds is 2. The summed E-state index contributed by atoms with van der Waals surface area (Å²) in [5.41, 5.74) is 0.434. The van der Waals surface area contributed by atoms with E-state index in [1.165, 1.54) is 11.8 Å². The van der Waals surface area contributed by atoms with E-state index in [-0.39, 0.29) is 24.7 Å². The van der Waals surface area contributed by atoms with E-state index in [1.807, 2.05) is 32.1 Å². The van der Waals surface area contributed by atoms with Gasteiger partial charge < -0.3 is 0 Å². The highest BCUT2D eigenvalue weighted by molar-refractivity contribution is 6.32. The molecule has 1 aliphatic heterocycles. The predicted molar refractivity (Wildman–Crippen MR) is 92.0 cm³/mol. The highest BCUT2D eigenvalue weighted by Gasteiger charge is 2.61. The minimum Gasteiger partial charge on any atom is -0.269 e. The van der Waals surface area contributed by atoms with Crippen LogP contribution in [0.15, 0.2) is 48.5 Å². The maximum Gasteiger partial charge on any atom is 0.262 e. The maximum atomic E-state index is 14.5. The lowest BCUT2D eigenvalue weighted by Gasteiger charge is -2.54. The number of hydrogen-bond acceptors (Lipinski definition) is 2. The van der Waals surface area contributed by atoms with Gasteiger partial charge in [0.2, 0.25) is 0 Å². The van der Waals surface area contributed by atoms with E-state index in [0.717, 1.165) is 11.0 Å². The van der Waals surface area contributed by atoms with Gasteiger partial charge in [0.15, 0.2) is 0 Å². The summed E-state index contributed by atoms with van der Waals surface area (Å²) < 4.78 is 14.5. The van der Waals surface area contributed by atoms with Crippen LogP contribution in [0.1, 0.15) is 46.0 Å². The fraction of sp³-hybridized carbons (Fsp3) is 0.263. The SMILES string of the molecule is Bc1ccc(C2(N3C(=O)c4ccccc4C3=O)CC(C)(F)C2)cc1. The molecule has 2 amide bonds. The van der Waals surface area contributed by atoms with Crippen LogP contribution in [0.5, 0.6) is 0 Å². The quantitative estimate of drug-likeness (QED) is 0.626. The van der Waals surface area contributed by atoms with Gasteiger partial charge in [-0.25, -0.2) is 4.39 Å². The molecular formula is C19H17BFNO2. The summed E-state index contributed by atoms with van der Waals surface area (Å²) in [7, 11) is 1.97. The van der Waals surface area contributed by atoms with E-state index < -0.39 is 11.2 Å². The second kappa shape index (κ2) is 4.79. The molecule has 2 aromatic rings. The van der Waals surface area contributed by atoms with Gasteiger partial charge in [0.1, 0.15) is 13.5 Å². The Morgan fingerprint density at radius 1 is 0.958 bits per heavy atom. The van der Waals surface area contributed by atoms with E-state index in [4.69, 9.17) is 0 Å². The fourth-order valence-electron chi connectivity index (χ4n) is 4.10. The Labute approximate surface area is 140 Å². The molecule has 24 heavy (non-hydrogen) atoms. The third-order valence-corrected chi connectivity index (χ3v) is 5.13. The Morgan fingerprint density at radius 3 is 1.92 bits per heavy atom. The zero-order valence-corrected chi connectivity index (χ0v) is 13.7. The standard InChI is InChI=1S/C19H17BFNO2/c1-18(21)10-19(11-18,12-6-8-13(20)9-7-12)22-16(23)14-4-2-3-5-15(14)17(22)24/h2-9H,10-11,20H2,1H3. The monoisotopic (exact) mass is 321 g/mol. The van der Waals surface area contributed by atoms with Crippen molar-refractivity contribution in [3.63, 3.8) is 0 Å². The van der Waals surface area contributed by atoms with E-state index in [0.29, 0.717) is 11.1 Å². The Morgan fingerprint density at radius 2 is 1.46 bits per heavy atom. The Bertz CT molecular complexity index is 817. The summed E-state index contributed by atoms with van der Waals surface area (Å²) in [5.74, 6) is -0.654. The summed E-state index contributed by atoms with van der Waals surface area (Å²) >= 11 is 0. The average Bonchev–Trinajstić information content (AvgIpc) is 2.78.